The number of hydrogen-bond acceptors (Lipinski definition) is 3. The number of nitrogen functional groups attached to an aromatic ring is 1. The molecule has 1 radical (unpaired) electrons. The zero-order valence-electron chi connectivity index (χ0n) is 13.1. The Labute approximate surface area is 153 Å². The van der Waals surface area contributed by atoms with Crippen LogP contribution < -0.4 is 5.73 Å². The van der Waals surface area contributed by atoms with Gasteiger partial charge < -0.3 is 15.8 Å². The van der Waals surface area contributed by atoms with Crippen molar-refractivity contribution in [3.05, 3.63) is 54.1 Å². The van der Waals surface area contributed by atoms with E-state index in [1.165, 1.54) is 6.07 Å². The normalized spacial score (nSPS) is 8.76. The van der Waals surface area contributed by atoms with E-state index < -0.39 is 0 Å². The standard InChI is InChI=1S/C13H10N2O.2C2H6.Y/c14-11-6-7-13(16)10(8-11)9-15-12-4-2-1-3-5-12;2*1-2;/h1-4,6-8,16H,14H2;2*1-2H3;/q-2;;;. The first-order valence-electron chi connectivity index (χ1n) is 6.77. The van der Waals surface area contributed by atoms with Crippen molar-refractivity contribution >= 4 is 17.6 Å². The third kappa shape index (κ3) is 8.64. The quantitative estimate of drug-likeness (QED) is 0.360. The smallest absolute Gasteiger partial charge is 0.0407 e. The summed E-state index contributed by atoms with van der Waals surface area (Å²) < 4.78 is 0. The number of benzene rings is 2. The number of nitrogens with two attached hydrogens (primary N) is 1. The fraction of sp³-hybridized carbons (Fsp3) is 0.235. The minimum atomic E-state index is 0. The van der Waals surface area contributed by atoms with Crippen LogP contribution in [0.5, 0.6) is 5.75 Å². The van der Waals surface area contributed by atoms with Crippen LogP contribution in [-0.2, 0) is 32.7 Å². The Morgan fingerprint density at radius 2 is 1.76 bits per heavy atom. The van der Waals surface area contributed by atoms with Crippen molar-refractivity contribution in [2.75, 3.05) is 5.73 Å². The summed E-state index contributed by atoms with van der Waals surface area (Å²) >= 11 is 0. The Morgan fingerprint density at radius 1 is 1.10 bits per heavy atom. The maximum absolute atomic E-state index is 9.52. The number of rotatable bonds is 2. The minimum absolute atomic E-state index is 0. The van der Waals surface area contributed by atoms with Crippen molar-refractivity contribution in [2.45, 2.75) is 27.7 Å². The van der Waals surface area contributed by atoms with E-state index in [1.54, 1.807) is 24.3 Å². The zero-order chi connectivity index (χ0) is 15.4. The van der Waals surface area contributed by atoms with Gasteiger partial charge in [0.1, 0.15) is 0 Å². The first-order chi connectivity index (χ1) is 9.75. The van der Waals surface area contributed by atoms with Crippen LogP contribution in [0.1, 0.15) is 33.3 Å². The molecule has 2 aromatic carbocycles. The number of para-hydroxylation sites is 1. The maximum atomic E-state index is 9.52. The molecule has 0 amide bonds. The Hall–Kier alpha value is -1.19. The predicted molar refractivity (Wildman–Crippen MR) is 86.7 cm³/mol. The van der Waals surface area contributed by atoms with Gasteiger partial charge in [0.15, 0.2) is 0 Å². The maximum Gasteiger partial charge on any atom is 0.0407 e. The van der Waals surface area contributed by atoms with Gasteiger partial charge in [-0.25, -0.2) is 6.07 Å². The van der Waals surface area contributed by atoms with Crippen molar-refractivity contribution in [1.29, 1.82) is 0 Å². The molecule has 0 aliphatic heterocycles. The summed E-state index contributed by atoms with van der Waals surface area (Å²) in [5, 5.41) is 9.52. The fourth-order valence-electron chi connectivity index (χ4n) is 1.22. The van der Waals surface area contributed by atoms with Crippen LogP contribution in [0.3, 0.4) is 0 Å². The second-order valence-electron chi connectivity index (χ2n) is 3.25. The van der Waals surface area contributed by atoms with Crippen molar-refractivity contribution < 1.29 is 37.8 Å². The summed E-state index contributed by atoms with van der Waals surface area (Å²) in [6.07, 6.45) is 2.73. The molecule has 2 rings (SSSR count). The zero-order valence-corrected chi connectivity index (χ0v) is 15.9. The van der Waals surface area contributed by atoms with Gasteiger partial charge in [0.25, 0.3) is 0 Å². The van der Waals surface area contributed by atoms with Crippen molar-refractivity contribution in [1.82, 2.24) is 0 Å². The third-order valence-corrected chi connectivity index (χ3v) is 2.01. The van der Waals surface area contributed by atoms with Gasteiger partial charge in [-0.15, -0.1) is 11.8 Å². The van der Waals surface area contributed by atoms with Gasteiger partial charge in [0.05, 0.1) is 0 Å². The van der Waals surface area contributed by atoms with Crippen LogP contribution in [0, 0.1) is 6.07 Å². The Bertz CT molecular complexity index is 513. The Balaban J connectivity index is 0. The molecule has 0 saturated heterocycles. The number of anilines is 1. The van der Waals surface area contributed by atoms with Crippen molar-refractivity contribution in [3.8, 4) is 5.75 Å². The fourth-order valence-corrected chi connectivity index (χ4v) is 1.22. The van der Waals surface area contributed by atoms with Crippen LogP contribution in [0.2, 0.25) is 0 Å². The van der Waals surface area contributed by atoms with E-state index in [4.69, 9.17) is 5.73 Å². The molecular weight excluding hydrogens is 337 g/mol. The van der Waals surface area contributed by atoms with Gasteiger partial charge in [-0.05, 0) is 11.9 Å². The average Bonchev–Trinajstić information content (AvgIpc) is 2.53. The predicted octanol–water partition coefficient (Wildman–Crippen LogP) is 4.45. The molecule has 0 bridgehead atoms. The van der Waals surface area contributed by atoms with E-state index in [0.29, 0.717) is 16.9 Å². The van der Waals surface area contributed by atoms with Crippen LogP contribution in [0.4, 0.5) is 11.4 Å². The first-order valence-corrected chi connectivity index (χ1v) is 6.77. The van der Waals surface area contributed by atoms with Crippen LogP contribution in [0.15, 0.2) is 47.5 Å². The molecule has 0 aromatic heterocycles. The summed E-state index contributed by atoms with van der Waals surface area (Å²) in [4.78, 5) is 4.06. The van der Waals surface area contributed by atoms with Gasteiger partial charge in [0, 0.05) is 38.5 Å². The van der Waals surface area contributed by atoms with E-state index in [0.717, 1.165) is 0 Å². The topological polar surface area (TPSA) is 58.6 Å². The van der Waals surface area contributed by atoms with E-state index in [-0.39, 0.29) is 38.5 Å². The number of hydrogen-bond donors (Lipinski definition) is 2. The molecule has 0 saturated carbocycles. The Kier molecular flexibility index (Phi) is 14.5. The monoisotopic (exact) mass is 359 g/mol. The molecule has 0 fully saturated rings. The average molecular weight is 359 g/mol. The molecule has 0 spiro atoms. The molecule has 3 N–H and O–H groups in total. The molecule has 21 heavy (non-hydrogen) atoms. The van der Waals surface area contributed by atoms with E-state index in [2.05, 4.69) is 17.3 Å². The SMILES string of the molecule is CC.CC.Nc1ccc(O)c([C-]=Nc2[c-]cccc2)c1.[Y]. The number of nitrogens with zero attached hydrogens (tertiary/aromatic N) is 1. The second kappa shape index (κ2) is 13.8. The van der Waals surface area contributed by atoms with E-state index in [9.17, 15) is 5.11 Å². The summed E-state index contributed by atoms with van der Waals surface area (Å²) in [5.41, 5.74) is 7.28. The molecule has 4 heteroatoms. The number of aromatic hydroxyl groups is 1. The van der Waals surface area contributed by atoms with Gasteiger partial charge >= 0.3 is 0 Å². The molecule has 0 atom stereocenters. The van der Waals surface area contributed by atoms with Crippen LogP contribution in [0.25, 0.3) is 0 Å². The summed E-state index contributed by atoms with van der Waals surface area (Å²) in [6.45, 7) is 8.00. The molecule has 0 aliphatic carbocycles. The number of phenolic OH excluding ortho intramolecular Hbond substituents is 1. The van der Waals surface area contributed by atoms with Crippen molar-refractivity contribution in [2.24, 2.45) is 4.99 Å². The molecule has 0 unspecified atom stereocenters. The van der Waals surface area contributed by atoms with Crippen LogP contribution >= 0.6 is 0 Å². The van der Waals surface area contributed by atoms with Gasteiger partial charge in [0.2, 0.25) is 0 Å². The molecular formula is C17H22N2OY-2. The van der Waals surface area contributed by atoms with Crippen molar-refractivity contribution in [3.63, 3.8) is 0 Å². The largest absolute Gasteiger partial charge is 0.551 e. The number of phenols is 1. The van der Waals surface area contributed by atoms with Gasteiger partial charge in [-0.1, -0.05) is 45.4 Å². The van der Waals surface area contributed by atoms with Crippen LogP contribution in [-0.4, -0.2) is 11.3 Å². The van der Waals surface area contributed by atoms with E-state index >= 15 is 0 Å². The third-order valence-electron chi connectivity index (χ3n) is 2.01. The minimum Gasteiger partial charge on any atom is -0.551 e. The number of aliphatic imine (C=N–C) groups is 1. The summed E-state index contributed by atoms with van der Waals surface area (Å²) in [7, 11) is 0. The van der Waals surface area contributed by atoms with E-state index in [1.807, 2.05) is 39.8 Å². The van der Waals surface area contributed by atoms with Gasteiger partial charge in [-0.2, -0.15) is 24.3 Å². The molecule has 0 heterocycles. The molecule has 111 valence electrons. The molecule has 3 nitrogen and oxygen atoms in total. The van der Waals surface area contributed by atoms with Gasteiger partial charge in [-0.3, -0.25) is 0 Å². The molecule has 0 aliphatic rings. The molecule has 2 aromatic rings. The first kappa shape index (κ1) is 22.1. The Morgan fingerprint density at radius 3 is 2.33 bits per heavy atom. The summed E-state index contributed by atoms with van der Waals surface area (Å²) in [6, 6.07) is 15.0. The second-order valence-corrected chi connectivity index (χ2v) is 3.25. The summed E-state index contributed by atoms with van der Waals surface area (Å²) in [5.74, 6) is 0.105.